The molecule has 0 fully saturated rings. The molecular formula is C21H17ClFNO2. The molecule has 0 unspecified atom stereocenters. The van der Waals surface area contributed by atoms with Gasteiger partial charge in [0, 0.05) is 6.21 Å². The summed E-state index contributed by atoms with van der Waals surface area (Å²) in [5.74, 6) is 0.663. The van der Waals surface area contributed by atoms with Gasteiger partial charge in [0.15, 0.2) is 11.5 Å². The van der Waals surface area contributed by atoms with Gasteiger partial charge in [-0.25, -0.2) is 4.39 Å². The fourth-order valence-corrected chi connectivity index (χ4v) is 2.63. The van der Waals surface area contributed by atoms with Crippen LogP contribution in [0.2, 0.25) is 5.02 Å². The number of nitrogens with zero attached hydrogens (tertiary/aromatic N) is 1. The summed E-state index contributed by atoms with van der Waals surface area (Å²) in [5, 5.41) is 0.418. The molecule has 0 aliphatic heterocycles. The van der Waals surface area contributed by atoms with Crippen LogP contribution < -0.4 is 9.47 Å². The van der Waals surface area contributed by atoms with Gasteiger partial charge >= 0.3 is 0 Å². The number of hydrogen-bond acceptors (Lipinski definition) is 3. The first-order valence-electron chi connectivity index (χ1n) is 7.99. The van der Waals surface area contributed by atoms with Crippen molar-refractivity contribution in [1.82, 2.24) is 0 Å². The van der Waals surface area contributed by atoms with E-state index in [2.05, 4.69) is 4.99 Å². The van der Waals surface area contributed by atoms with Crippen molar-refractivity contribution in [3.63, 3.8) is 0 Å². The molecule has 3 rings (SSSR count). The molecule has 26 heavy (non-hydrogen) atoms. The summed E-state index contributed by atoms with van der Waals surface area (Å²) in [6, 6.07) is 19.3. The second-order valence-electron chi connectivity index (χ2n) is 5.54. The van der Waals surface area contributed by atoms with Gasteiger partial charge < -0.3 is 9.47 Å². The van der Waals surface area contributed by atoms with Crippen molar-refractivity contribution in [2.45, 2.75) is 6.61 Å². The van der Waals surface area contributed by atoms with Crippen molar-refractivity contribution >= 4 is 23.5 Å². The second kappa shape index (κ2) is 8.50. The van der Waals surface area contributed by atoms with Crippen LogP contribution in [0, 0.1) is 5.82 Å². The van der Waals surface area contributed by atoms with E-state index in [1.165, 1.54) is 12.1 Å². The Morgan fingerprint density at radius 1 is 1.04 bits per heavy atom. The van der Waals surface area contributed by atoms with E-state index < -0.39 is 0 Å². The normalized spacial score (nSPS) is 10.9. The number of ether oxygens (including phenoxy) is 2. The van der Waals surface area contributed by atoms with Gasteiger partial charge in [-0.2, -0.15) is 0 Å². The summed E-state index contributed by atoms with van der Waals surface area (Å²) >= 11 is 6.36. The van der Waals surface area contributed by atoms with Crippen LogP contribution in [-0.2, 0) is 6.61 Å². The zero-order valence-electron chi connectivity index (χ0n) is 14.2. The van der Waals surface area contributed by atoms with E-state index >= 15 is 0 Å². The van der Waals surface area contributed by atoms with E-state index in [1.807, 2.05) is 30.3 Å². The van der Waals surface area contributed by atoms with Gasteiger partial charge in [-0.05, 0) is 47.5 Å². The quantitative estimate of drug-likeness (QED) is 0.513. The smallest absolute Gasteiger partial charge is 0.180 e. The minimum absolute atomic E-state index is 0.258. The van der Waals surface area contributed by atoms with Crippen LogP contribution in [0.15, 0.2) is 71.7 Å². The molecule has 0 saturated heterocycles. The second-order valence-corrected chi connectivity index (χ2v) is 5.95. The number of methoxy groups -OCH3 is 1. The van der Waals surface area contributed by atoms with Crippen LogP contribution in [0.5, 0.6) is 11.5 Å². The highest BCUT2D eigenvalue weighted by Crippen LogP contribution is 2.36. The Labute approximate surface area is 156 Å². The van der Waals surface area contributed by atoms with Gasteiger partial charge in [0.2, 0.25) is 0 Å². The maximum absolute atomic E-state index is 13.0. The molecule has 3 aromatic rings. The van der Waals surface area contributed by atoms with E-state index in [4.69, 9.17) is 21.1 Å². The summed E-state index contributed by atoms with van der Waals surface area (Å²) in [7, 11) is 1.55. The van der Waals surface area contributed by atoms with Gasteiger partial charge in [-0.15, -0.1) is 0 Å². The molecule has 0 aromatic heterocycles. The summed E-state index contributed by atoms with van der Waals surface area (Å²) in [4.78, 5) is 4.41. The molecule has 0 heterocycles. The minimum atomic E-state index is -0.286. The Balaban J connectivity index is 1.78. The Bertz CT molecular complexity index is 896. The maximum atomic E-state index is 13.0. The van der Waals surface area contributed by atoms with E-state index in [9.17, 15) is 4.39 Å². The number of rotatable bonds is 6. The molecule has 0 N–H and O–H groups in total. The Morgan fingerprint density at radius 3 is 2.46 bits per heavy atom. The molecule has 3 nitrogen and oxygen atoms in total. The summed E-state index contributed by atoms with van der Waals surface area (Å²) in [6.45, 7) is 0.258. The van der Waals surface area contributed by atoms with Crippen LogP contribution >= 0.6 is 11.6 Å². The van der Waals surface area contributed by atoms with Gasteiger partial charge in [0.25, 0.3) is 0 Å². The summed E-state index contributed by atoms with van der Waals surface area (Å²) in [5.41, 5.74) is 2.48. The van der Waals surface area contributed by atoms with Crippen molar-refractivity contribution in [1.29, 1.82) is 0 Å². The Hall–Kier alpha value is -2.85. The fraction of sp³-hybridized carbons (Fsp3) is 0.0952. The standard InChI is InChI=1S/C21H17ClFNO2/c1-25-20-12-16(13-24-18-5-3-2-4-6-18)11-19(22)21(20)26-14-15-7-9-17(23)10-8-15/h2-13H,14H2,1H3. The van der Waals surface area contributed by atoms with Crippen LogP contribution in [0.25, 0.3) is 0 Å². The van der Waals surface area contributed by atoms with Crippen LogP contribution in [0.3, 0.4) is 0 Å². The first kappa shape index (κ1) is 18.0. The zero-order chi connectivity index (χ0) is 18.4. The minimum Gasteiger partial charge on any atom is -0.493 e. The SMILES string of the molecule is COc1cc(C=Nc2ccccc2)cc(Cl)c1OCc1ccc(F)cc1. The van der Waals surface area contributed by atoms with Crippen molar-refractivity contribution in [2.75, 3.05) is 7.11 Å². The van der Waals surface area contributed by atoms with Crippen molar-refractivity contribution in [2.24, 2.45) is 4.99 Å². The molecule has 0 amide bonds. The topological polar surface area (TPSA) is 30.8 Å². The lowest BCUT2D eigenvalue weighted by molar-refractivity contribution is 0.284. The lowest BCUT2D eigenvalue weighted by Gasteiger charge is -2.13. The van der Waals surface area contributed by atoms with Gasteiger partial charge in [-0.1, -0.05) is 41.9 Å². The molecule has 0 aliphatic carbocycles. The van der Waals surface area contributed by atoms with Crippen molar-refractivity contribution < 1.29 is 13.9 Å². The van der Waals surface area contributed by atoms with Gasteiger partial charge in [0.1, 0.15) is 12.4 Å². The predicted octanol–water partition coefficient (Wildman–Crippen LogP) is 5.82. The average molecular weight is 370 g/mol. The van der Waals surface area contributed by atoms with Crippen molar-refractivity contribution in [3.8, 4) is 11.5 Å². The number of halogens is 2. The molecule has 0 bridgehead atoms. The highest BCUT2D eigenvalue weighted by atomic mass is 35.5. The molecule has 0 radical (unpaired) electrons. The van der Waals surface area contributed by atoms with Gasteiger partial charge in [0.05, 0.1) is 17.8 Å². The predicted molar refractivity (Wildman–Crippen MR) is 102 cm³/mol. The largest absolute Gasteiger partial charge is 0.493 e. The summed E-state index contributed by atoms with van der Waals surface area (Å²) in [6.07, 6.45) is 1.72. The summed E-state index contributed by atoms with van der Waals surface area (Å²) < 4.78 is 24.2. The Morgan fingerprint density at radius 2 is 1.77 bits per heavy atom. The highest BCUT2D eigenvalue weighted by molar-refractivity contribution is 6.32. The van der Waals surface area contributed by atoms with Crippen LogP contribution in [0.1, 0.15) is 11.1 Å². The average Bonchev–Trinajstić information content (AvgIpc) is 2.67. The molecule has 0 saturated carbocycles. The van der Waals surface area contributed by atoms with E-state index in [0.717, 1.165) is 16.8 Å². The number of benzene rings is 3. The number of para-hydroxylation sites is 1. The first-order valence-corrected chi connectivity index (χ1v) is 8.37. The number of aliphatic imine (C=N–C) groups is 1. The highest BCUT2D eigenvalue weighted by Gasteiger charge is 2.12. The lowest BCUT2D eigenvalue weighted by Crippen LogP contribution is -1.99. The number of hydrogen-bond donors (Lipinski definition) is 0. The molecule has 0 aliphatic rings. The third-order valence-electron chi connectivity index (χ3n) is 3.67. The third-order valence-corrected chi connectivity index (χ3v) is 3.95. The molecule has 0 atom stereocenters. The maximum Gasteiger partial charge on any atom is 0.180 e. The lowest BCUT2D eigenvalue weighted by atomic mass is 10.2. The first-order chi connectivity index (χ1) is 12.7. The third kappa shape index (κ3) is 4.61. The van der Waals surface area contributed by atoms with E-state index in [1.54, 1.807) is 37.6 Å². The molecular weight excluding hydrogens is 353 g/mol. The van der Waals surface area contributed by atoms with E-state index in [-0.39, 0.29) is 12.4 Å². The molecule has 3 aromatic carbocycles. The monoisotopic (exact) mass is 369 g/mol. The molecule has 5 heteroatoms. The van der Waals surface area contributed by atoms with Crippen molar-refractivity contribution in [3.05, 3.63) is 88.7 Å². The Kier molecular flexibility index (Phi) is 5.87. The van der Waals surface area contributed by atoms with Crippen LogP contribution in [0.4, 0.5) is 10.1 Å². The van der Waals surface area contributed by atoms with Crippen LogP contribution in [-0.4, -0.2) is 13.3 Å². The zero-order valence-corrected chi connectivity index (χ0v) is 14.9. The van der Waals surface area contributed by atoms with E-state index in [0.29, 0.717) is 16.5 Å². The molecule has 132 valence electrons. The molecule has 0 spiro atoms. The van der Waals surface area contributed by atoms with Gasteiger partial charge in [-0.3, -0.25) is 4.99 Å². The fourth-order valence-electron chi connectivity index (χ4n) is 2.35.